The summed E-state index contributed by atoms with van der Waals surface area (Å²) in [5, 5.41) is 7.44. The summed E-state index contributed by atoms with van der Waals surface area (Å²) >= 11 is 0. The van der Waals surface area contributed by atoms with Crippen LogP contribution >= 0.6 is 0 Å². The fourth-order valence-corrected chi connectivity index (χ4v) is 8.85. The molecular formula is C56H38N2. The number of aromatic nitrogens is 1. The zero-order valence-electron chi connectivity index (χ0n) is 31.8. The van der Waals surface area contributed by atoms with Gasteiger partial charge in [0.25, 0.3) is 0 Å². The lowest BCUT2D eigenvalue weighted by Gasteiger charge is -2.28. The molecule has 2 heteroatoms. The minimum atomic E-state index is 1.09. The van der Waals surface area contributed by atoms with Crippen LogP contribution in [-0.2, 0) is 0 Å². The van der Waals surface area contributed by atoms with Gasteiger partial charge in [0, 0.05) is 33.2 Å². The lowest BCUT2D eigenvalue weighted by Crippen LogP contribution is -2.11. The molecule has 0 aliphatic carbocycles. The molecule has 0 atom stereocenters. The van der Waals surface area contributed by atoms with Crippen LogP contribution in [0.3, 0.4) is 0 Å². The van der Waals surface area contributed by atoms with Crippen LogP contribution in [0.15, 0.2) is 231 Å². The van der Waals surface area contributed by atoms with Crippen molar-refractivity contribution in [1.82, 2.24) is 4.57 Å². The molecule has 2 nitrogen and oxygen atoms in total. The van der Waals surface area contributed by atoms with E-state index in [0.29, 0.717) is 0 Å². The van der Waals surface area contributed by atoms with Crippen LogP contribution in [0.4, 0.5) is 17.1 Å². The molecule has 0 N–H and O–H groups in total. The first kappa shape index (κ1) is 33.6. The van der Waals surface area contributed by atoms with E-state index in [4.69, 9.17) is 0 Å². The van der Waals surface area contributed by atoms with E-state index in [2.05, 4.69) is 240 Å². The van der Waals surface area contributed by atoms with Gasteiger partial charge in [-0.2, -0.15) is 0 Å². The SMILES string of the molecule is c1ccc(-c2ccc(-c3ccc(N(c4ccc(-n5c6ccccc6c6ccccc65)cc4)c4cc5ccccc5c5ccccc45)cc3)cc2-c2ccccc2)cc1. The fraction of sp³-hybridized carbons (Fsp3) is 0. The van der Waals surface area contributed by atoms with Crippen molar-refractivity contribution < 1.29 is 0 Å². The number of fused-ring (bicyclic) bond motifs is 6. The highest BCUT2D eigenvalue weighted by molar-refractivity contribution is 6.15. The summed E-state index contributed by atoms with van der Waals surface area (Å²) in [6, 6.07) is 83.7. The Morgan fingerprint density at radius 3 is 1.41 bits per heavy atom. The van der Waals surface area contributed by atoms with Gasteiger partial charge in [0.1, 0.15) is 0 Å². The van der Waals surface area contributed by atoms with Gasteiger partial charge in [-0.1, -0.05) is 170 Å². The quantitative estimate of drug-likeness (QED) is 0.148. The van der Waals surface area contributed by atoms with Crippen molar-refractivity contribution in [2.24, 2.45) is 0 Å². The summed E-state index contributed by atoms with van der Waals surface area (Å²) < 4.78 is 2.38. The van der Waals surface area contributed by atoms with Crippen LogP contribution in [0.1, 0.15) is 0 Å². The van der Waals surface area contributed by atoms with E-state index >= 15 is 0 Å². The van der Waals surface area contributed by atoms with E-state index < -0.39 is 0 Å². The Balaban J connectivity index is 1.06. The molecule has 0 radical (unpaired) electrons. The highest BCUT2D eigenvalue weighted by Crippen LogP contribution is 2.44. The summed E-state index contributed by atoms with van der Waals surface area (Å²) in [6.45, 7) is 0. The van der Waals surface area contributed by atoms with Crippen molar-refractivity contribution in [3.05, 3.63) is 231 Å². The molecule has 0 fully saturated rings. The minimum Gasteiger partial charge on any atom is -0.310 e. The average molecular weight is 739 g/mol. The molecule has 58 heavy (non-hydrogen) atoms. The maximum atomic E-state index is 2.42. The highest BCUT2D eigenvalue weighted by atomic mass is 15.1. The smallest absolute Gasteiger partial charge is 0.0546 e. The van der Waals surface area contributed by atoms with Crippen molar-refractivity contribution in [2.75, 3.05) is 4.90 Å². The van der Waals surface area contributed by atoms with Gasteiger partial charge in [-0.05, 0) is 110 Å². The molecule has 1 heterocycles. The summed E-state index contributed by atoms with van der Waals surface area (Å²) in [5.74, 6) is 0. The molecule has 0 bridgehead atoms. The van der Waals surface area contributed by atoms with Gasteiger partial charge in [0.2, 0.25) is 0 Å². The average Bonchev–Trinajstić information content (AvgIpc) is 3.64. The van der Waals surface area contributed by atoms with E-state index in [1.165, 1.54) is 76.7 Å². The first-order valence-corrected chi connectivity index (χ1v) is 19.9. The second kappa shape index (κ2) is 14.1. The molecular weight excluding hydrogens is 701 g/mol. The Kier molecular flexibility index (Phi) is 8.19. The molecule has 0 aliphatic heterocycles. The molecule has 0 saturated heterocycles. The van der Waals surface area contributed by atoms with Gasteiger partial charge in [-0.25, -0.2) is 0 Å². The Bertz CT molecular complexity index is 3200. The number of rotatable bonds is 7. The largest absolute Gasteiger partial charge is 0.310 e. The predicted molar refractivity (Wildman–Crippen MR) is 247 cm³/mol. The molecule has 0 spiro atoms. The number of para-hydroxylation sites is 2. The molecule has 11 rings (SSSR count). The van der Waals surface area contributed by atoms with Crippen molar-refractivity contribution in [3.63, 3.8) is 0 Å². The van der Waals surface area contributed by atoms with Crippen molar-refractivity contribution >= 4 is 60.4 Å². The Morgan fingerprint density at radius 1 is 0.293 bits per heavy atom. The summed E-state index contributed by atoms with van der Waals surface area (Å²) in [6.07, 6.45) is 0. The number of benzene rings is 10. The maximum Gasteiger partial charge on any atom is 0.0546 e. The predicted octanol–water partition coefficient (Wildman–Crippen LogP) is 15.6. The van der Waals surface area contributed by atoms with Crippen molar-refractivity contribution in [2.45, 2.75) is 0 Å². The summed E-state index contributed by atoms with van der Waals surface area (Å²) in [5.41, 5.74) is 14.1. The molecule has 1 aromatic heterocycles. The minimum absolute atomic E-state index is 1.09. The first-order valence-electron chi connectivity index (χ1n) is 19.9. The molecule has 11 aromatic rings. The van der Waals surface area contributed by atoms with Gasteiger partial charge < -0.3 is 9.47 Å². The zero-order valence-corrected chi connectivity index (χ0v) is 31.8. The third kappa shape index (κ3) is 5.74. The molecule has 0 saturated carbocycles. The van der Waals surface area contributed by atoms with Gasteiger partial charge in [-0.3, -0.25) is 0 Å². The van der Waals surface area contributed by atoms with E-state index in [1.54, 1.807) is 0 Å². The van der Waals surface area contributed by atoms with Crippen molar-refractivity contribution in [1.29, 1.82) is 0 Å². The highest BCUT2D eigenvalue weighted by Gasteiger charge is 2.19. The maximum absolute atomic E-state index is 2.42. The molecule has 272 valence electrons. The number of hydrogen-bond donors (Lipinski definition) is 0. The summed E-state index contributed by atoms with van der Waals surface area (Å²) in [4.78, 5) is 2.42. The van der Waals surface area contributed by atoms with Crippen molar-refractivity contribution in [3.8, 4) is 39.1 Å². The fourth-order valence-electron chi connectivity index (χ4n) is 8.85. The van der Waals surface area contributed by atoms with Gasteiger partial charge in [0.15, 0.2) is 0 Å². The molecule has 0 amide bonds. The van der Waals surface area contributed by atoms with Crippen LogP contribution in [0.25, 0.3) is 82.4 Å². The zero-order chi connectivity index (χ0) is 38.4. The van der Waals surface area contributed by atoms with Gasteiger partial charge in [-0.15, -0.1) is 0 Å². The third-order valence-corrected chi connectivity index (χ3v) is 11.6. The second-order valence-electron chi connectivity index (χ2n) is 14.9. The monoisotopic (exact) mass is 738 g/mol. The van der Waals surface area contributed by atoms with Gasteiger partial charge >= 0.3 is 0 Å². The lowest BCUT2D eigenvalue weighted by molar-refractivity contribution is 1.17. The van der Waals surface area contributed by atoms with Crippen LogP contribution in [0.2, 0.25) is 0 Å². The van der Waals surface area contributed by atoms with Crippen LogP contribution in [0, 0.1) is 0 Å². The summed E-state index contributed by atoms with van der Waals surface area (Å²) in [7, 11) is 0. The topological polar surface area (TPSA) is 8.17 Å². The first-order chi connectivity index (χ1) is 28.8. The van der Waals surface area contributed by atoms with Gasteiger partial charge in [0.05, 0.1) is 16.7 Å². The number of hydrogen-bond acceptors (Lipinski definition) is 1. The van der Waals surface area contributed by atoms with E-state index in [1.807, 2.05) is 0 Å². The normalized spacial score (nSPS) is 11.4. The lowest BCUT2D eigenvalue weighted by atomic mass is 9.91. The molecule has 0 aliphatic rings. The van der Waals surface area contributed by atoms with E-state index in [0.717, 1.165) is 22.7 Å². The van der Waals surface area contributed by atoms with E-state index in [-0.39, 0.29) is 0 Å². The Morgan fingerprint density at radius 2 is 0.776 bits per heavy atom. The van der Waals surface area contributed by atoms with Crippen LogP contribution in [-0.4, -0.2) is 4.57 Å². The van der Waals surface area contributed by atoms with Crippen LogP contribution < -0.4 is 4.90 Å². The second-order valence-corrected chi connectivity index (χ2v) is 14.9. The molecule has 0 unspecified atom stereocenters. The van der Waals surface area contributed by atoms with Crippen LogP contribution in [0.5, 0.6) is 0 Å². The number of nitrogens with zero attached hydrogens (tertiary/aromatic N) is 2. The van der Waals surface area contributed by atoms with E-state index in [9.17, 15) is 0 Å². The number of anilines is 3. The Labute approximate surface area is 338 Å². The molecule has 10 aromatic carbocycles. The third-order valence-electron chi connectivity index (χ3n) is 11.6. The Hall–Kier alpha value is -7.68. The standard InChI is InChI=1S/C56H38N2/c1-3-15-40(16-4-1)48-36-29-42(37-53(48)41-17-5-2-6-18-41)39-27-30-44(31-28-39)57(56-38-43-19-7-8-20-47(43)49-21-9-10-22-50(49)56)45-32-34-46(35-33-45)58-54-25-13-11-23-51(54)52-24-12-14-26-55(52)58/h1-38H.